The zero-order chi connectivity index (χ0) is 18.4. The highest BCUT2D eigenvalue weighted by atomic mass is 16.5. The van der Waals surface area contributed by atoms with Crippen LogP contribution < -0.4 is 5.32 Å². The Morgan fingerprint density at radius 3 is 2.52 bits per heavy atom. The third-order valence-electron chi connectivity index (χ3n) is 6.37. The van der Waals surface area contributed by atoms with Crippen molar-refractivity contribution in [1.82, 2.24) is 20.4 Å². The molecule has 142 valence electrons. The topological polar surface area (TPSA) is 71.3 Å². The first-order valence-corrected chi connectivity index (χ1v) is 10.0. The van der Waals surface area contributed by atoms with Gasteiger partial charge in [-0.3, -0.25) is 4.79 Å². The third kappa shape index (κ3) is 3.50. The van der Waals surface area contributed by atoms with Crippen LogP contribution in [0.15, 0.2) is 28.8 Å². The zero-order valence-electron chi connectivity index (χ0n) is 15.8. The predicted octanol–water partition coefficient (Wildman–Crippen LogP) is 3.04. The Morgan fingerprint density at radius 1 is 1.22 bits per heavy atom. The number of amides is 1. The van der Waals surface area contributed by atoms with E-state index in [1.54, 1.807) is 6.92 Å². The Labute approximate surface area is 159 Å². The van der Waals surface area contributed by atoms with Gasteiger partial charge in [-0.2, -0.15) is 4.98 Å². The van der Waals surface area contributed by atoms with Crippen LogP contribution in [0.5, 0.6) is 0 Å². The van der Waals surface area contributed by atoms with Gasteiger partial charge in [0.05, 0.1) is 5.54 Å². The van der Waals surface area contributed by atoms with Crippen molar-refractivity contribution in [3.8, 4) is 11.4 Å². The van der Waals surface area contributed by atoms with Crippen molar-refractivity contribution >= 4 is 5.91 Å². The molecule has 2 atom stereocenters. The highest BCUT2D eigenvalue weighted by Crippen LogP contribution is 2.41. The number of nitrogens with one attached hydrogen (secondary N) is 1. The highest BCUT2D eigenvalue weighted by molar-refractivity contribution is 5.95. The van der Waals surface area contributed by atoms with Crippen LogP contribution in [0, 0.1) is 18.8 Å². The molecule has 27 heavy (non-hydrogen) atoms. The largest absolute Gasteiger partial charge is 0.345 e. The molecular formula is C21H26N4O2. The molecule has 1 aliphatic heterocycles. The second kappa shape index (κ2) is 6.44. The summed E-state index contributed by atoms with van der Waals surface area (Å²) in [5.74, 6) is 2.88. The summed E-state index contributed by atoms with van der Waals surface area (Å²) in [4.78, 5) is 19.6. The van der Waals surface area contributed by atoms with Gasteiger partial charge in [-0.15, -0.1) is 0 Å². The van der Waals surface area contributed by atoms with Crippen molar-refractivity contribution in [3.05, 3.63) is 35.7 Å². The summed E-state index contributed by atoms with van der Waals surface area (Å²) in [5, 5.41) is 7.23. The van der Waals surface area contributed by atoms with E-state index in [4.69, 9.17) is 4.52 Å². The summed E-state index contributed by atoms with van der Waals surface area (Å²) in [5.41, 5.74) is 1.52. The summed E-state index contributed by atoms with van der Waals surface area (Å²) in [7, 11) is 0. The van der Waals surface area contributed by atoms with E-state index < -0.39 is 0 Å². The van der Waals surface area contributed by atoms with Crippen LogP contribution in [0.25, 0.3) is 11.4 Å². The third-order valence-corrected chi connectivity index (χ3v) is 6.37. The molecule has 2 bridgehead atoms. The average Bonchev–Trinajstić information content (AvgIpc) is 3.11. The van der Waals surface area contributed by atoms with Gasteiger partial charge in [0.25, 0.3) is 5.91 Å². The van der Waals surface area contributed by atoms with Gasteiger partial charge in [0.1, 0.15) is 0 Å². The number of hydrogen-bond acceptors (Lipinski definition) is 5. The van der Waals surface area contributed by atoms with E-state index in [0.29, 0.717) is 17.3 Å². The molecule has 6 nitrogen and oxygen atoms in total. The van der Waals surface area contributed by atoms with Crippen molar-refractivity contribution < 1.29 is 9.32 Å². The summed E-state index contributed by atoms with van der Waals surface area (Å²) in [6.45, 7) is 5.20. The number of carbonyl (C=O) groups excluding carboxylic acids is 1. The molecular weight excluding hydrogens is 340 g/mol. The van der Waals surface area contributed by atoms with Gasteiger partial charge in [0.2, 0.25) is 11.7 Å². The molecule has 5 rings (SSSR count). The fourth-order valence-corrected chi connectivity index (χ4v) is 4.85. The fraction of sp³-hybridized carbons (Fsp3) is 0.571. The van der Waals surface area contributed by atoms with Crippen molar-refractivity contribution in [2.45, 2.75) is 44.6 Å². The number of benzene rings is 1. The number of carbonyl (C=O) groups is 1. The lowest BCUT2D eigenvalue weighted by Gasteiger charge is -2.34. The predicted molar refractivity (Wildman–Crippen MR) is 101 cm³/mol. The molecule has 1 aromatic heterocycles. The quantitative estimate of drug-likeness (QED) is 0.881. The molecule has 0 spiro atoms. The number of aromatic nitrogens is 2. The number of piperidine rings is 1. The molecule has 3 fully saturated rings. The standard InChI is InChI=1S/C21H26N4O2/c1-14-22-19(24-27-14)17-4-6-18(7-5-17)20(26)23-21(8-9-21)13-25-11-15-2-3-16(10-15)12-25/h4-7,15-16H,2-3,8-13H2,1H3,(H,23,26). The summed E-state index contributed by atoms with van der Waals surface area (Å²) in [6, 6.07) is 7.43. The first kappa shape index (κ1) is 16.9. The molecule has 1 amide bonds. The lowest BCUT2D eigenvalue weighted by molar-refractivity contribution is 0.0897. The number of aryl methyl sites for hydroxylation is 1. The SMILES string of the molecule is Cc1nc(-c2ccc(C(=O)NC3(CN4CC5CCC(C5)C4)CC3)cc2)no1. The Hall–Kier alpha value is -2.21. The minimum absolute atomic E-state index is 0.0166. The van der Waals surface area contributed by atoms with Crippen LogP contribution in [-0.2, 0) is 0 Å². The second-order valence-corrected chi connectivity index (χ2v) is 8.69. The lowest BCUT2D eigenvalue weighted by Crippen LogP contribution is -2.49. The first-order valence-electron chi connectivity index (χ1n) is 10.0. The first-order chi connectivity index (χ1) is 13.1. The minimum Gasteiger partial charge on any atom is -0.345 e. The molecule has 1 saturated heterocycles. The van der Waals surface area contributed by atoms with Gasteiger partial charge in [0, 0.05) is 37.7 Å². The maximum Gasteiger partial charge on any atom is 0.251 e. The molecule has 2 unspecified atom stereocenters. The van der Waals surface area contributed by atoms with Gasteiger partial charge in [0.15, 0.2) is 0 Å². The number of rotatable bonds is 5. The van der Waals surface area contributed by atoms with Crippen LogP contribution in [0.4, 0.5) is 0 Å². The number of fused-ring (bicyclic) bond motifs is 2. The highest BCUT2D eigenvalue weighted by Gasteiger charge is 2.47. The normalized spacial score (nSPS) is 26.1. The van der Waals surface area contributed by atoms with E-state index in [-0.39, 0.29) is 11.4 Å². The molecule has 2 saturated carbocycles. The van der Waals surface area contributed by atoms with E-state index in [1.165, 1.54) is 32.4 Å². The smallest absolute Gasteiger partial charge is 0.251 e. The van der Waals surface area contributed by atoms with E-state index in [1.807, 2.05) is 24.3 Å². The number of likely N-dealkylation sites (tertiary alicyclic amines) is 1. The molecule has 0 radical (unpaired) electrons. The van der Waals surface area contributed by atoms with Gasteiger partial charge in [-0.05, 0) is 56.1 Å². The molecule has 2 aliphatic carbocycles. The van der Waals surface area contributed by atoms with Gasteiger partial charge >= 0.3 is 0 Å². The average molecular weight is 366 g/mol. The second-order valence-electron chi connectivity index (χ2n) is 8.69. The van der Waals surface area contributed by atoms with Crippen LogP contribution in [0.1, 0.15) is 48.4 Å². The minimum atomic E-state index is -0.0166. The van der Waals surface area contributed by atoms with Crippen molar-refractivity contribution in [3.63, 3.8) is 0 Å². The molecule has 2 aromatic rings. The molecule has 1 aromatic carbocycles. The van der Waals surface area contributed by atoms with Crippen LogP contribution in [0.2, 0.25) is 0 Å². The van der Waals surface area contributed by atoms with E-state index in [2.05, 4.69) is 20.4 Å². The van der Waals surface area contributed by atoms with Crippen LogP contribution >= 0.6 is 0 Å². The maximum atomic E-state index is 12.8. The Bertz CT molecular complexity index is 828. The van der Waals surface area contributed by atoms with Crippen LogP contribution in [0.3, 0.4) is 0 Å². The Morgan fingerprint density at radius 2 is 1.93 bits per heavy atom. The summed E-state index contributed by atoms with van der Waals surface area (Å²) >= 11 is 0. The molecule has 1 N–H and O–H groups in total. The van der Waals surface area contributed by atoms with Crippen molar-refractivity contribution in [2.75, 3.05) is 19.6 Å². The van der Waals surface area contributed by atoms with Gasteiger partial charge in [-0.25, -0.2) is 0 Å². The monoisotopic (exact) mass is 366 g/mol. The number of hydrogen-bond donors (Lipinski definition) is 1. The fourth-order valence-electron chi connectivity index (χ4n) is 4.85. The Kier molecular flexibility index (Phi) is 4.04. The summed E-state index contributed by atoms with van der Waals surface area (Å²) < 4.78 is 5.02. The van der Waals surface area contributed by atoms with Gasteiger partial charge in [-0.1, -0.05) is 17.3 Å². The maximum absolute atomic E-state index is 12.8. The summed E-state index contributed by atoms with van der Waals surface area (Å²) in [6.07, 6.45) is 6.39. The molecule has 3 aliphatic rings. The zero-order valence-corrected chi connectivity index (χ0v) is 15.8. The van der Waals surface area contributed by atoms with Crippen molar-refractivity contribution in [1.29, 1.82) is 0 Å². The van der Waals surface area contributed by atoms with E-state index in [9.17, 15) is 4.79 Å². The van der Waals surface area contributed by atoms with Crippen molar-refractivity contribution in [2.24, 2.45) is 11.8 Å². The van der Waals surface area contributed by atoms with E-state index in [0.717, 1.165) is 36.8 Å². The lowest BCUT2D eigenvalue weighted by atomic mass is 9.98. The number of nitrogens with zero attached hydrogens (tertiary/aromatic N) is 3. The van der Waals surface area contributed by atoms with E-state index >= 15 is 0 Å². The molecule has 2 heterocycles. The Balaban J connectivity index is 1.22. The van der Waals surface area contributed by atoms with Crippen LogP contribution in [-0.4, -0.2) is 46.1 Å². The van der Waals surface area contributed by atoms with Gasteiger partial charge < -0.3 is 14.7 Å². The molecule has 6 heteroatoms.